The predicted molar refractivity (Wildman–Crippen MR) is 126 cm³/mol. The largest absolute Gasteiger partial charge is 0.330 e. The van der Waals surface area contributed by atoms with Crippen LogP contribution in [-0.4, -0.2) is 25.2 Å². The summed E-state index contributed by atoms with van der Waals surface area (Å²) in [5.41, 5.74) is 1.95. The molecule has 1 heterocycles. The van der Waals surface area contributed by atoms with E-state index in [1.807, 2.05) is 60.7 Å². The van der Waals surface area contributed by atoms with Crippen LogP contribution in [0.4, 0.5) is 10.8 Å². The fraction of sp³-hybridized carbons (Fsp3) is 0.0909. The van der Waals surface area contributed by atoms with E-state index in [2.05, 4.69) is 20.2 Å². The number of aromatic nitrogens is 2. The second-order valence-corrected chi connectivity index (χ2v) is 10.7. The van der Waals surface area contributed by atoms with Gasteiger partial charge in [0.2, 0.25) is 15.2 Å². The van der Waals surface area contributed by atoms with Gasteiger partial charge in [-0.25, -0.2) is 13.1 Å². The van der Waals surface area contributed by atoms with Crippen LogP contribution in [0.15, 0.2) is 100 Å². The lowest BCUT2D eigenvalue weighted by atomic mass is 10.1. The summed E-state index contributed by atoms with van der Waals surface area (Å²) >= 11 is 2.92. The maximum Gasteiger partial charge on any atom is 0.240 e. The molecule has 9 heteroatoms. The number of sulfonamides is 1. The van der Waals surface area contributed by atoms with Crippen molar-refractivity contribution in [2.45, 2.75) is 14.5 Å². The highest BCUT2D eigenvalue weighted by atomic mass is 32.2. The molecule has 158 valence electrons. The van der Waals surface area contributed by atoms with Crippen molar-refractivity contribution in [3.63, 3.8) is 0 Å². The summed E-state index contributed by atoms with van der Waals surface area (Å²) in [4.78, 5) is 0.247. The Bertz CT molecular complexity index is 1200. The van der Waals surface area contributed by atoms with E-state index in [4.69, 9.17) is 0 Å². The average Bonchev–Trinajstić information content (AvgIpc) is 3.25. The van der Waals surface area contributed by atoms with Crippen LogP contribution in [0.2, 0.25) is 0 Å². The summed E-state index contributed by atoms with van der Waals surface area (Å²) in [6.07, 6.45) is 0. The zero-order chi connectivity index (χ0) is 21.5. The normalized spacial score (nSPS) is 12.4. The summed E-state index contributed by atoms with van der Waals surface area (Å²) in [7, 11) is -3.60. The molecule has 0 aliphatic carbocycles. The fourth-order valence-electron chi connectivity index (χ4n) is 2.84. The third-order valence-electron chi connectivity index (χ3n) is 4.36. The highest BCUT2D eigenvalue weighted by Gasteiger charge is 2.20. The smallest absolute Gasteiger partial charge is 0.240 e. The highest BCUT2D eigenvalue weighted by Crippen LogP contribution is 2.38. The summed E-state index contributed by atoms with van der Waals surface area (Å²) in [5.74, 6) is 0. The molecule has 4 rings (SSSR count). The Hall–Kier alpha value is -2.72. The van der Waals surface area contributed by atoms with Crippen LogP contribution in [0.25, 0.3) is 0 Å². The van der Waals surface area contributed by atoms with Crippen molar-refractivity contribution in [3.8, 4) is 0 Å². The van der Waals surface area contributed by atoms with E-state index in [0.717, 1.165) is 15.6 Å². The van der Waals surface area contributed by atoms with Gasteiger partial charge in [-0.1, -0.05) is 89.8 Å². The molecule has 0 aliphatic rings. The molecule has 1 aromatic heterocycles. The van der Waals surface area contributed by atoms with Crippen LogP contribution >= 0.6 is 23.1 Å². The molecule has 1 atom stereocenters. The first kappa shape index (κ1) is 21.5. The quantitative estimate of drug-likeness (QED) is 0.333. The molecule has 0 amide bonds. The molecular weight excluding hydrogens is 448 g/mol. The highest BCUT2D eigenvalue weighted by molar-refractivity contribution is 8.01. The number of nitrogens with one attached hydrogen (secondary N) is 2. The molecule has 0 fully saturated rings. The zero-order valence-electron chi connectivity index (χ0n) is 16.4. The SMILES string of the molecule is O=S(=O)(NC[C@H](Sc1nnc(Nc2ccccc2)s1)c1ccccc1)c1ccccc1. The Morgan fingerprint density at radius 2 is 1.45 bits per heavy atom. The topological polar surface area (TPSA) is 84.0 Å². The molecule has 0 saturated heterocycles. The molecule has 6 nitrogen and oxygen atoms in total. The number of hydrogen-bond acceptors (Lipinski definition) is 7. The van der Waals surface area contributed by atoms with Crippen molar-refractivity contribution in [2.24, 2.45) is 0 Å². The number of anilines is 2. The lowest BCUT2D eigenvalue weighted by Crippen LogP contribution is -2.27. The van der Waals surface area contributed by atoms with Crippen molar-refractivity contribution >= 4 is 43.9 Å². The number of nitrogens with zero attached hydrogens (tertiary/aromatic N) is 2. The Morgan fingerprint density at radius 3 is 2.13 bits per heavy atom. The third-order valence-corrected chi connectivity index (χ3v) is 7.98. The maximum absolute atomic E-state index is 12.7. The van der Waals surface area contributed by atoms with E-state index in [1.54, 1.807) is 30.3 Å². The first-order valence-corrected chi connectivity index (χ1v) is 12.7. The van der Waals surface area contributed by atoms with Crippen LogP contribution in [-0.2, 0) is 10.0 Å². The first-order chi connectivity index (χ1) is 15.1. The fourth-order valence-corrected chi connectivity index (χ4v) is 6.08. The lowest BCUT2D eigenvalue weighted by Gasteiger charge is -2.16. The Balaban J connectivity index is 1.49. The predicted octanol–water partition coefficient (Wildman–Crippen LogP) is 5.09. The number of thioether (sulfide) groups is 1. The molecule has 0 unspecified atom stereocenters. The molecule has 2 N–H and O–H groups in total. The van der Waals surface area contributed by atoms with E-state index in [1.165, 1.54) is 23.1 Å². The van der Waals surface area contributed by atoms with Gasteiger partial charge in [-0.2, -0.15) is 0 Å². The average molecular weight is 469 g/mol. The van der Waals surface area contributed by atoms with Crippen LogP contribution < -0.4 is 10.0 Å². The molecule has 3 aromatic carbocycles. The van der Waals surface area contributed by atoms with E-state index in [9.17, 15) is 8.42 Å². The molecule has 0 radical (unpaired) electrons. The van der Waals surface area contributed by atoms with Gasteiger partial charge in [0, 0.05) is 12.2 Å². The van der Waals surface area contributed by atoms with E-state index in [0.29, 0.717) is 5.13 Å². The van der Waals surface area contributed by atoms with Crippen LogP contribution in [0.3, 0.4) is 0 Å². The van der Waals surface area contributed by atoms with Gasteiger partial charge in [-0.15, -0.1) is 10.2 Å². The summed E-state index contributed by atoms with van der Waals surface area (Å²) < 4.78 is 28.8. The second-order valence-electron chi connectivity index (χ2n) is 6.55. The van der Waals surface area contributed by atoms with Crippen molar-refractivity contribution in [1.82, 2.24) is 14.9 Å². The molecule has 0 bridgehead atoms. The number of rotatable bonds is 9. The van der Waals surface area contributed by atoms with Gasteiger partial charge in [0.1, 0.15) is 0 Å². The van der Waals surface area contributed by atoms with Gasteiger partial charge in [0.15, 0.2) is 4.34 Å². The summed E-state index contributed by atoms with van der Waals surface area (Å²) in [6, 6.07) is 27.9. The monoisotopic (exact) mass is 468 g/mol. The number of benzene rings is 3. The van der Waals surface area contributed by atoms with E-state index < -0.39 is 10.0 Å². The summed E-state index contributed by atoms with van der Waals surface area (Å²) in [5, 5.41) is 12.2. The first-order valence-electron chi connectivity index (χ1n) is 9.52. The van der Waals surface area contributed by atoms with Gasteiger partial charge in [-0.05, 0) is 29.8 Å². The standard InChI is InChI=1S/C22H20N4O2S3/c27-31(28,19-14-8-3-9-15-19)23-16-20(17-10-4-1-5-11-17)29-22-26-25-21(30-22)24-18-12-6-2-7-13-18/h1-15,20,23H,16H2,(H,24,25)/t20-/m0/s1. The lowest BCUT2D eigenvalue weighted by molar-refractivity contribution is 0.581. The maximum atomic E-state index is 12.7. The minimum atomic E-state index is -3.60. The van der Waals surface area contributed by atoms with Crippen LogP contribution in [0.1, 0.15) is 10.8 Å². The number of para-hydroxylation sites is 1. The van der Waals surface area contributed by atoms with Gasteiger partial charge < -0.3 is 5.32 Å². The summed E-state index contributed by atoms with van der Waals surface area (Å²) in [6.45, 7) is 0.229. The van der Waals surface area contributed by atoms with E-state index >= 15 is 0 Å². The van der Waals surface area contributed by atoms with Crippen molar-refractivity contribution in [2.75, 3.05) is 11.9 Å². The van der Waals surface area contributed by atoms with Crippen molar-refractivity contribution in [3.05, 3.63) is 96.6 Å². The molecule has 0 saturated carbocycles. The zero-order valence-corrected chi connectivity index (χ0v) is 18.8. The van der Waals surface area contributed by atoms with Gasteiger partial charge in [-0.3, -0.25) is 0 Å². The number of hydrogen-bond donors (Lipinski definition) is 2. The molecule has 0 spiro atoms. The third kappa shape index (κ3) is 5.92. The second kappa shape index (κ2) is 10.1. The van der Waals surface area contributed by atoms with Gasteiger partial charge in [0.25, 0.3) is 0 Å². The molecular formula is C22H20N4O2S3. The Kier molecular flexibility index (Phi) is 6.98. The molecule has 4 aromatic rings. The minimum Gasteiger partial charge on any atom is -0.330 e. The van der Waals surface area contributed by atoms with Gasteiger partial charge in [0.05, 0.1) is 10.1 Å². The van der Waals surface area contributed by atoms with Gasteiger partial charge >= 0.3 is 0 Å². The molecule has 31 heavy (non-hydrogen) atoms. The Morgan fingerprint density at radius 1 is 0.839 bits per heavy atom. The molecule has 0 aliphatic heterocycles. The Labute approximate surface area is 189 Å². The van der Waals surface area contributed by atoms with Crippen LogP contribution in [0, 0.1) is 0 Å². The minimum absolute atomic E-state index is 0.155. The van der Waals surface area contributed by atoms with E-state index in [-0.39, 0.29) is 16.7 Å². The van der Waals surface area contributed by atoms with Crippen molar-refractivity contribution in [1.29, 1.82) is 0 Å². The van der Waals surface area contributed by atoms with Crippen LogP contribution in [0.5, 0.6) is 0 Å². The van der Waals surface area contributed by atoms with Crippen molar-refractivity contribution < 1.29 is 8.42 Å².